The third kappa shape index (κ3) is 1.74. The Morgan fingerprint density at radius 2 is 2.18 bits per heavy atom. The average molecular weight is 237 g/mol. The van der Waals surface area contributed by atoms with Gasteiger partial charge in [0.05, 0.1) is 5.88 Å². The van der Waals surface area contributed by atoms with Crippen LogP contribution in [0.1, 0.15) is 11.1 Å². The van der Waals surface area contributed by atoms with E-state index in [2.05, 4.69) is 15.9 Å². The Labute approximate surface area is 78.5 Å². The second-order valence-corrected chi connectivity index (χ2v) is 3.39. The summed E-state index contributed by atoms with van der Waals surface area (Å²) in [7, 11) is 0. The van der Waals surface area contributed by atoms with Crippen molar-refractivity contribution in [2.75, 3.05) is 0 Å². The third-order valence-corrected chi connectivity index (χ3v) is 2.74. The van der Waals surface area contributed by atoms with Gasteiger partial charge in [-0.25, -0.2) is 4.39 Å². The van der Waals surface area contributed by atoms with Crippen molar-refractivity contribution in [3.8, 4) is 0 Å². The van der Waals surface area contributed by atoms with Crippen LogP contribution in [0, 0.1) is 12.7 Å². The summed E-state index contributed by atoms with van der Waals surface area (Å²) in [5.74, 6) is -0.0161. The molecule has 1 aromatic carbocycles. The quantitative estimate of drug-likeness (QED) is 0.654. The SMILES string of the molecule is Cc1c(Br)ccc(F)c1CCl. The van der Waals surface area contributed by atoms with Gasteiger partial charge in [-0.3, -0.25) is 0 Å². The van der Waals surface area contributed by atoms with Crippen LogP contribution in [0.5, 0.6) is 0 Å². The van der Waals surface area contributed by atoms with E-state index in [1.807, 2.05) is 6.92 Å². The molecule has 0 radical (unpaired) electrons. The predicted molar refractivity (Wildman–Crippen MR) is 48.4 cm³/mol. The molecular formula is C8H7BrClF. The first-order chi connectivity index (χ1) is 5.16. The fraction of sp³-hybridized carbons (Fsp3) is 0.250. The molecule has 0 aromatic heterocycles. The molecule has 0 unspecified atom stereocenters. The van der Waals surface area contributed by atoms with Crippen LogP contribution in [0.25, 0.3) is 0 Å². The molecule has 0 fully saturated rings. The highest BCUT2D eigenvalue weighted by atomic mass is 79.9. The summed E-state index contributed by atoms with van der Waals surface area (Å²) >= 11 is 8.84. The molecule has 11 heavy (non-hydrogen) atoms. The number of alkyl halides is 1. The fourth-order valence-corrected chi connectivity index (χ4v) is 1.56. The Hall–Kier alpha value is -0.0800. The average Bonchev–Trinajstić information content (AvgIpc) is 1.99. The van der Waals surface area contributed by atoms with Crippen LogP contribution in [-0.2, 0) is 5.88 Å². The van der Waals surface area contributed by atoms with E-state index in [9.17, 15) is 4.39 Å². The van der Waals surface area contributed by atoms with Gasteiger partial charge in [-0.15, -0.1) is 11.6 Å². The van der Waals surface area contributed by atoms with E-state index in [1.54, 1.807) is 6.07 Å². The van der Waals surface area contributed by atoms with Gasteiger partial charge in [-0.1, -0.05) is 15.9 Å². The summed E-state index contributed by atoms with van der Waals surface area (Å²) in [5.41, 5.74) is 1.45. The van der Waals surface area contributed by atoms with Gasteiger partial charge in [-0.05, 0) is 24.6 Å². The molecule has 0 saturated heterocycles. The van der Waals surface area contributed by atoms with Gasteiger partial charge in [-0.2, -0.15) is 0 Å². The summed E-state index contributed by atoms with van der Waals surface area (Å²) < 4.78 is 13.8. The smallest absolute Gasteiger partial charge is 0.127 e. The molecule has 0 atom stereocenters. The molecule has 0 aliphatic rings. The topological polar surface area (TPSA) is 0 Å². The lowest BCUT2D eigenvalue weighted by atomic mass is 10.1. The highest BCUT2D eigenvalue weighted by Crippen LogP contribution is 2.23. The van der Waals surface area contributed by atoms with Crippen LogP contribution in [0.15, 0.2) is 16.6 Å². The third-order valence-electron chi connectivity index (χ3n) is 1.61. The van der Waals surface area contributed by atoms with Gasteiger partial charge in [0.15, 0.2) is 0 Å². The Morgan fingerprint density at radius 3 is 2.64 bits per heavy atom. The molecule has 0 aliphatic carbocycles. The highest BCUT2D eigenvalue weighted by molar-refractivity contribution is 9.10. The second kappa shape index (κ2) is 3.55. The van der Waals surface area contributed by atoms with Gasteiger partial charge in [0, 0.05) is 10.0 Å². The van der Waals surface area contributed by atoms with E-state index in [4.69, 9.17) is 11.6 Å². The van der Waals surface area contributed by atoms with Crippen molar-refractivity contribution in [1.82, 2.24) is 0 Å². The van der Waals surface area contributed by atoms with E-state index in [0.29, 0.717) is 5.56 Å². The molecule has 0 amide bonds. The molecule has 0 spiro atoms. The number of benzene rings is 1. The normalized spacial score (nSPS) is 10.2. The molecule has 0 saturated carbocycles. The Morgan fingerprint density at radius 1 is 1.55 bits per heavy atom. The summed E-state index contributed by atoms with van der Waals surface area (Å²) in [6.45, 7) is 1.84. The standard InChI is InChI=1S/C8H7BrClF/c1-5-6(4-10)8(11)3-2-7(5)9/h2-3H,4H2,1H3. The fourth-order valence-electron chi connectivity index (χ4n) is 0.859. The predicted octanol–water partition coefficient (Wildman–Crippen LogP) is 3.64. The Kier molecular flexibility index (Phi) is 2.90. The molecular weight excluding hydrogens is 230 g/mol. The van der Waals surface area contributed by atoms with Crippen LogP contribution in [-0.4, -0.2) is 0 Å². The molecule has 3 heteroatoms. The summed E-state index contributed by atoms with van der Waals surface area (Å²) in [6, 6.07) is 3.09. The highest BCUT2D eigenvalue weighted by Gasteiger charge is 2.06. The lowest BCUT2D eigenvalue weighted by molar-refractivity contribution is 0.615. The largest absolute Gasteiger partial charge is 0.207 e. The van der Waals surface area contributed by atoms with Gasteiger partial charge in [0.2, 0.25) is 0 Å². The maximum atomic E-state index is 12.9. The lowest BCUT2D eigenvalue weighted by Gasteiger charge is -2.04. The van der Waals surface area contributed by atoms with Crippen molar-refractivity contribution in [3.05, 3.63) is 33.5 Å². The number of rotatable bonds is 1. The van der Waals surface area contributed by atoms with Crippen molar-refractivity contribution >= 4 is 27.5 Å². The number of halogens is 3. The van der Waals surface area contributed by atoms with Crippen LogP contribution in [0.4, 0.5) is 4.39 Å². The maximum Gasteiger partial charge on any atom is 0.127 e. The molecule has 1 rings (SSSR count). The van der Waals surface area contributed by atoms with Crippen molar-refractivity contribution in [2.45, 2.75) is 12.8 Å². The molecule has 0 N–H and O–H groups in total. The maximum absolute atomic E-state index is 12.9. The van der Waals surface area contributed by atoms with Gasteiger partial charge >= 0.3 is 0 Å². The first-order valence-corrected chi connectivity index (χ1v) is 4.49. The van der Waals surface area contributed by atoms with Gasteiger partial charge in [0.25, 0.3) is 0 Å². The minimum atomic E-state index is -0.235. The zero-order valence-electron chi connectivity index (χ0n) is 6.00. The van der Waals surface area contributed by atoms with Crippen LogP contribution < -0.4 is 0 Å². The van der Waals surface area contributed by atoms with Crippen LogP contribution >= 0.6 is 27.5 Å². The van der Waals surface area contributed by atoms with Crippen molar-refractivity contribution in [3.63, 3.8) is 0 Å². The van der Waals surface area contributed by atoms with E-state index < -0.39 is 0 Å². The summed E-state index contributed by atoms with van der Waals surface area (Å²) in [4.78, 5) is 0. The van der Waals surface area contributed by atoms with Crippen LogP contribution in [0.2, 0.25) is 0 Å². The van der Waals surface area contributed by atoms with Crippen LogP contribution in [0.3, 0.4) is 0 Å². The zero-order valence-corrected chi connectivity index (χ0v) is 8.34. The molecule has 0 aliphatic heterocycles. The van der Waals surface area contributed by atoms with E-state index in [1.165, 1.54) is 6.07 Å². The molecule has 60 valence electrons. The van der Waals surface area contributed by atoms with E-state index in [-0.39, 0.29) is 11.7 Å². The Balaban J connectivity index is 3.29. The van der Waals surface area contributed by atoms with Crippen molar-refractivity contribution in [1.29, 1.82) is 0 Å². The molecule has 0 nitrogen and oxygen atoms in total. The van der Waals surface area contributed by atoms with Gasteiger partial charge in [0.1, 0.15) is 5.82 Å². The first kappa shape index (κ1) is 9.01. The lowest BCUT2D eigenvalue weighted by Crippen LogP contribution is -1.91. The monoisotopic (exact) mass is 236 g/mol. The summed E-state index contributed by atoms with van der Waals surface area (Å²) in [6.07, 6.45) is 0. The minimum absolute atomic E-state index is 0.219. The number of hydrogen-bond acceptors (Lipinski definition) is 0. The van der Waals surface area contributed by atoms with Crippen molar-refractivity contribution in [2.24, 2.45) is 0 Å². The molecule has 0 bridgehead atoms. The zero-order chi connectivity index (χ0) is 8.43. The van der Waals surface area contributed by atoms with Gasteiger partial charge < -0.3 is 0 Å². The van der Waals surface area contributed by atoms with Crippen molar-refractivity contribution < 1.29 is 4.39 Å². The number of hydrogen-bond donors (Lipinski definition) is 0. The second-order valence-electron chi connectivity index (χ2n) is 2.27. The summed E-state index contributed by atoms with van der Waals surface area (Å²) in [5, 5.41) is 0. The first-order valence-electron chi connectivity index (χ1n) is 3.16. The molecule has 0 heterocycles. The van der Waals surface area contributed by atoms with E-state index >= 15 is 0 Å². The minimum Gasteiger partial charge on any atom is -0.207 e. The molecule has 1 aromatic rings. The Bertz CT molecular complexity index is 273. The van der Waals surface area contributed by atoms with E-state index in [0.717, 1.165) is 10.0 Å².